The summed E-state index contributed by atoms with van der Waals surface area (Å²) in [6.45, 7) is 0. The van der Waals surface area contributed by atoms with Gasteiger partial charge in [0.1, 0.15) is 0 Å². The molecule has 1 heteroatoms. The first-order valence-corrected chi connectivity index (χ1v) is 7.56. The second-order valence-corrected chi connectivity index (χ2v) is 5.44. The lowest BCUT2D eigenvalue weighted by molar-refractivity contribution is 1.61. The van der Waals surface area contributed by atoms with E-state index in [-0.39, 0.29) is 9.90 Å². The van der Waals surface area contributed by atoms with Gasteiger partial charge >= 0.3 is 0 Å². The molecule has 0 spiro atoms. The summed E-state index contributed by atoms with van der Waals surface area (Å²) >= 11 is 0. The first-order chi connectivity index (χ1) is 10.9. The Bertz CT molecular complexity index is 912. The summed E-state index contributed by atoms with van der Waals surface area (Å²) in [7, 11) is 0. The molecule has 4 aromatic rings. The minimum atomic E-state index is 0. The molecule has 0 aliphatic heterocycles. The zero-order chi connectivity index (χ0) is 14.8. The second kappa shape index (κ2) is 6.77. The van der Waals surface area contributed by atoms with Crippen molar-refractivity contribution in [3.8, 4) is 22.3 Å². The van der Waals surface area contributed by atoms with Crippen molar-refractivity contribution in [3.05, 3.63) is 97.1 Å². The topological polar surface area (TPSA) is 0 Å². The molecule has 1 atom stereocenters. The molecular formula is C22H19P. The van der Waals surface area contributed by atoms with E-state index < -0.39 is 0 Å². The van der Waals surface area contributed by atoms with Crippen LogP contribution in [0.5, 0.6) is 0 Å². The first kappa shape index (κ1) is 15.5. The van der Waals surface area contributed by atoms with Crippen molar-refractivity contribution >= 4 is 20.7 Å². The minimum Gasteiger partial charge on any atom is -0.153 e. The van der Waals surface area contributed by atoms with E-state index in [1.807, 2.05) is 0 Å². The largest absolute Gasteiger partial charge is 0.153 e. The highest BCUT2D eigenvalue weighted by Gasteiger charge is 2.10. The Hall–Kier alpha value is -2.43. The van der Waals surface area contributed by atoms with Crippen LogP contribution in [-0.4, -0.2) is 0 Å². The molecule has 0 fully saturated rings. The van der Waals surface area contributed by atoms with Crippen LogP contribution in [0, 0.1) is 0 Å². The first-order valence-electron chi connectivity index (χ1n) is 7.56. The summed E-state index contributed by atoms with van der Waals surface area (Å²) < 4.78 is 0. The Morgan fingerprint density at radius 2 is 1.00 bits per heavy atom. The van der Waals surface area contributed by atoms with E-state index in [0.717, 1.165) is 0 Å². The lowest BCUT2D eigenvalue weighted by Crippen LogP contribution is -1.87. The van der Waals surface area contributed by atoms with E-state index in [1.165, 1.54) is 33.0 Å². The van der Waals surface area contributed by atoms with Gasteiger partial charge in [0.05, 0.1) is 0 Å². The van der Waals surface area contributed by atoms with E-state index in [9.17, 15) is 0 Å². The zero-order valence-corrected chi connectivity index (χ0v) is 14.4. The van der Waals surface area contributed by atoms with Crippen molar-refractivity contribution in [2.45, 2.75) is 0 Å². The van der Waals surface area contributed by atoms with Crippen molar-refractivity contribution in [2.24, 2.45) is 0 Å². The third kappa shape index (κ3) is 2.91. The van der Waals surface area contributed by atoms with E-state index in [2.05, 4.69) is 97.1 Å². The molecule has 0 nitrogen and oxygen atoms in total. The Morgan fingerprint density at radius 3 is 1.70 bits per heavy atom. The predicted molar refractivity (Wildman–Crippen MR) is 106 cm³/mol. The number of hydrogen-bond donors (Lipinski definition) is 0. The number of fused-ring (bicyclic) bond motifs is 1. The third-order valence-corrected chi connectivity index (χ3v) is 4.08. The maximum atomic E-state index is 2.24. The summed E-state index contributed by atoms with van der Waals surface area (Å²) in [4.78, 5) is 0. The SMILES string of the molecule is P.c1ccc(-c2ccc3ccccc3c2-c2ccccc2)cc1. The molecule has 0 radical (unpaired) electrons. The zero-order valence-electron chi connectivity index (χ0n) is 12.9. The minimum absolute atomic E-state index is 0. The van der Waals surface area contributed by atoms with Crippen LogP contribution in [0.4, 0.5) is 0 Å². The molecule has 0 heterocycles. The van der Waals surface area contributed by atoms with Gasteiger partial charge < -0.3 is 0 Å². The maximum absolute atomic E-state index is 2.24. The molecule has 112 valence electrons. The van der Waals surface area contributed by atoms with Gasteiger partial charge in [-0.1, -0.05) is 97.1 Å². The second-order valence-electron chi connectivity index (χ2n) is 5.44. The molecule has 0 saturated heterocycles. The molecular weight excluding hydrogens is 295 g/mol. The molecule has 0 bridgehead atoms. The molecule has 0 amide bonds. The van der Waals surface area contributed by atoms with Crippen LogP contribution < -0.4 is 0 Å². The standard InChI is InChI=1S/C22H16.H3P/c1-3-9-17(10-4-1)21-16-15-18-11-7-8-14-20(18)22(21)19-12-5-2-6-13-19;/h1-16H;1H3. The third-order valence-electron chi connectivity index (χ3n) is 4.08. The van der Waals surface area contributed by atoms with Gasteiger partial charge in [-0.25, -0.2) is 0 Å². The van der Waals surface area contributed by atoms with Crippen LogP contribution in [0.2, 0.25) is 0 Å². The Balaban J connectivity index is 0.00000156. The number of benzene rings is 4. The monoisotopic (exact) mass is 314 g/mol. The highest BCUT2D eigenvalue weighted by Crippen LogP contribution is 2.37. The summed E-state index contributed by atoms with van der Waals surface area (Å²) in [5, 5.41) is 2.58. The predicted octanol–water partition coefficient (Wildman–Crippen LogP) is 6.23. The Kier molecular flexibility index (Phi) is 4.55. The van der Waals surface area contributed by atoms with E-state index in [1.54, 1.807) is 0 Å². The van der Waals surface area contributed by atoms with Crippen molar-refractivity contribution in [2.75, 3.05) is 0 Å². The fourth-order valence-corrected chi connectivity index (χ4v) is 3.05. The van der Waals surface area contributed by atoms with E-state index in [0.29, 0.717) is 0 Å². The quantitative estimate of drug-likeness (QED) is 0.385. The van der Waals surface area contributed by atoms with Crippen LogP contribution in [0.3, 0.4) is 0 Å². The summed E-state index contributed by atoms with van der Waals surface area (Å²) in [6.07, 6.45) is 0. The molecule has 4 aromatic carbocycles. The summed E-state index contributed by atoms with van der Waals surface area (Å²) in [6, 6.07) is 34.3. The molecule has 4 rings (SSSR count). The summed E-state index contributed by atoms with van der Waals surface area (Å²) in [5.41, 5.74) is 5.11. The van der Waals surface area contributed by atoms with Gasteiger partial charge in [-0.15, -0.1) is 0 Å². The van der Waals surface area contributed by atoms with Crippen LogP contribution in [0.15, 0.2) is 97.1 Å². The van der Waals surface area contributed by atoms with Crippen molar-refractivity contribution in [1.82, 2.24) is 0 Å². The molecule has 0 aromatic heterocycles. The van der Waals surface area contributed by atoms with Crippen LogP contribution in [-0.2, 0) is 0 Å². The van der Waals surface area contributed by atoms with E-state index in [4.69, 9.17) is 0 Å². The highest BCUT2D eigenvalue weighted by atomic mass is 31.0. The van der Waals surface area contributed by atoms with Gasteiger partial charge in [0, 0.05) is 0 Å². The molecule has 1 unspecified atom stereocenters. The fourth-order valence-electron chi connectivity index (χ4n) is 3.05. The van der Waals surface area contributed by atoms with Crippen LogP contribution >= 0.6 is 9.90 Å². The molecule has 23 heavy (non-hydrogen) atoms. The Morgan fingerprint density at radius 1 is 0.435 bits per heavy atom. The van der Waals surface area contributed by atoms with Gasteiger partial charge in [-0.2, -0.15) is 9.90 Å². The lowest BCUT2D eigenvalue weighted by Gasteiger charge is -2.14. The van der Waals surface area contributed by atoms with Crippen LogP contribution in [0.25, 0.3) is 33.0 Å². The highest BCUT2D eigenvalue weighted by molar-refractivity contribution is 6.92. The molecule has 0 aliphatic carbocycles. The van der Waals surface area contributed by atoms with Crippen molar-refractivity contribution in [1.29, 1.82) is 0 Å². The average Bonchev–Trinajstić information content (AvgIpc) is 2.62. The van der Waals surface area contributed by atoms with Crippen LogP contribution in [0.1, 0.15) is 0 Å². The van der Waals surface area contributed by atoms with Crippen molar-refractivity contribution in [3.63, 3.8) is 0 Å². The summed E-state index contributed by atoms with van der Waals surface area (Å²) in [5.74, 6) is 0. The molecule has 0 saturated carbocycles. The van der Waals surface area contributed by atoms with Gasteiger partial charge in [0.25, 0.3) is 0 Å². The molecule has 0 aliphatic rings. The van der Waals surface area contributed by atoms with Gasteiger partial charge in [-0.3, -0.25) is 0 Å². The normalized spacial score (nSPS) is 10.3. The number of hydrogen-bond acceptors (Lipinski definition) is 0. The van der Waals surface area contributed by atoms with Gasteiger partial charge in [0.2, 0.25) is 0 Å². The fraction of sp³-hybridized carbons (Fsp3) is 0. The average molecular weight is 314 g/mol. The van der Waals surface area contributed by atoms with Gasteiger partial charge in [0.15, 0.2) is 0 Å². The van der Waals surface area contributed by atoms with Gasteiger partial charge in [-0.05, 0) is 33.0 Å². The maximum Gasteiger partial charge on any atom is -0.00268 e. The smallest absolute Gasteiger partial charge is 0.00268 e. The lowest BCUT2D eigenvalue weighted by atomic mass is 9.90. The Labute approximate surface area is 140 Å². The molecule has 0 N–H and O–H groups in total. The van der Waals surface area contributed by atoms with Crippen molar-refractivity contribution < 1.29 is 0 Å². The van der Waals surface area contributed by atoms with E-state index >= 15 is 0 Å². The number of rotatable bonds is 2.